The normalized spacial score (nSPS) is 13.0. The maximum Gasteiger partial charge on any atom is 0.231 e. The molecule has 1 aliphatic heterocycles. The van der Waals surface area contributed by atoms with Crippen molar-refractivity contribution in [3.63, 3.8) is 0 Å². The first-order valence-corrected chi connectivity index (χ1v) is 5.41. The molecule has 2 N–H and O–H groups in total. The van der Waals surface area contributed by atoms with E-state index in [1.54, 1.807) is 6.20 Å². The molecule has 0 saturated carbocycles. The summed E-state index contributed by atoms with van der Waals surface area (Å²) in [5, 5.41) is 0. The van der Waals surface area contributed by atoms with Crippen LogP contribution in [0.2, 0.25) is 0 Å². The molecule has 88 valence electrons. The number of ether oxygens (including phenoxy) is 2. The Hall–Kier alpha value is -2.01. The standard InChI is InChI=1S/C12H12N2O3/c13-4-3-12-14-6-11(17-12)8-1-2-9-10(5-8)16-7-15-9/h1-2,5-6H,3-4,7,13H2. The molecular formula is C12H12N2O3. The predicted octanol–water partition coefficient (Wildman–Crippen LogP) is 1.57. The van der Waals surface area contributed by atoms with Crippen LogP contribution in [0.15, 0.2) is 28.8 Å². The topological polar surface area (TPSA) is 70.5 Å². The highest BCUT2D eigenvalue weighted by molar-refractivity contribution is 5.62. The van der Waals surface area contributed by atoms with Crippen LogP contribution in [0.3, 0.4) is 0 Å². The van der Waals surface area contributed by atoms with Crippen molar-refractivity contribution in [2.75, 3.05) is 13.3 Å². The Bertz CT molecular complexity index is 536. The van der Waals surface area contributed by atoms with Crippen LogP contribution in [-0.4, -0.2) is 18.3 Å². The van der Waals surface area contributed by atoms with Gasteiger partial charge in [-0.2, -0.15) is 0 Å². The molecule has 17 heavy (non-hydrogen) atoms. The third-order valence-corrected chi connectivity index (χ3v) is 2.57. The van der Waals surface area contributed by atoms with Gasteiger partial charge in [0.25, 0.3) is 0 Å². The lowest BCUT2D eigenvalue weighted by Gasteiger charge is -1.99. The summed E-state index contributed by atoms with van der Waals surface area (Å²) in [7, 11) is 0. The van der Waals surface area contributed by atoms with Crippen LogP contribution >= 0.6 is 0 Å². The number of fused-ring (bicyclic) bond motifs is 1. The molecular weight excluding hydrogens is 220 g/mol. The number of rotatable bonds is 3. The highest BCUT2D eigenvalue weighted by Crippen LogP contribution is 2.35. The molecule has 1 aromatic heterocycles. The Morgan fingerprint density at radius 2 is 2.12 bits per heavy atom. The number of oxazole rings is 1. The van der Waals surface area contributed by atoms with Gasteiger partial charge in [0.15, 0.2) is 23.1 Å². The summed E-state index contributed by atoms with van der Waals surface area (Å²) in [4.78, 5) is 4.16. The smallest absolute Gasteiger partial charge is 0.231 e. The van der Waals surface area contributed by atoms with Crippen molar-refractivity contribution in [2.24, 2.45) is 5.73 Å². The van der Waals surface area contributed by atoms with E-state index >= 15 is 0 Å². The van der Waals surface area contributed by atoms with Crippen LogP contribution in [0.4, 0.5) is 0 Å². The summed E-state index contributed by atoms with van der Waals surface area (Å²) >= 11 is 0. The molecule has 0 atom stereocenters. The average Bonchev–Trinajstić information content (AvgIpc) is 2.96. The highest BCUT2D eigenvalue weighted by Gasteiger charge is 2.15. The predicted molar refractivity (Wildman–Crippen MR) is 60.8 cm³/mol. The maximum atomic E-state index is 5.58. The monoisotopic (exact) mass is 232 g/mol. The SMILES string of the molecule is NCCc1ncc(-c2ccc3c(c2)OCO3)o1. The van der Waals surface area contributed by atoms with Crippen molar-refractivity contribution in [3.8, 4) is 22.8 Å². The number of nitrogens with zero attached hydrogens (tertiary/aromatic N) is 1. The van der Waals surface area contributed by atoms with Gasteiger partial charge in [-0.25, -0.2) is 4.98 Å². The molecule has 3 rings (SSSR count). The van der Waals surface area contributed by atoms with E-state index in [4.69, 9.17) is 19.6 Å². The van der Waals surface area contributed by atoms with Crippen LogP contribution in [0.25, 0.3) is 11.3 Å². The number of benzene rings is 1. The highest BCUT2D eigenvalue weighted by atomic mass is 16.7. The molecule has 0 fully saturated rings. The number of aromatic nitrogens is 1. The molecule has 5 nitrogen and oxygen atoms in total. The van der Waals surface area contributed by atoms with Gasteiger partial charge in [0, 0.05) is 18.5 Å². The largest absolute Gasteiger partial charge is 0.454 e. The van der Waals surface area contributed by atoms with E-state index in [9.17, 15) is 0 Å². The third kappa shape index (κ3) is 1.85. The Morgan fingerprint density at radius 1 is 1.24 bits per heavy atom. The zero-order chi connectivity index (χ0) is 11.7. The molecule has 0 aliphatic carbocycles. The van der Waals surface area contributed by atoms with E-state index in [0.717, 1.165) is 17.1 Å². The number of hydrogen-bond donors (Lipinski definition) is 1. The average molecular weight is 232 g/mol. The second-order valence-electron chi connectivity index (χ2n) is 3.72. The second kappa shape index (κ2) is 4.10. The Labute approximate surface area is 98.2 Å². The van der Waals surface area contributed by atoms with Gasteiger partial charge in [-0.05, 0) is 18.2 Å². The molecule has 0 saturated heterocycles. The van der Waals surface area contributed by atoms with Crippen LogP contribution in [0.1, 0.15) is 5.89 Å². The van der Waals surface area contributed by atoms with Crippen molar-refractivity contribution < 1.29 is 13.9 Å². The lowest BCUT2D eigenvalue weighted by molar-refractivity contribution is 0.174. The fourth-order valence-corrected chi connectivity index (χ4v) is 1.73. The van der Waals surface area contributed by atoms with Crippen molar-refractivity contribution in [1.29, 1.82) is 0 Å². The van der Waals surface area contributed by atoms with E-state index in [2.05, 4.69) is 4.98 Å². The molecule has 1 aromatic carbocycles. The van der Waals surface area contributed by atoms with Crippen LogP contribution < -0.4 is 15.2 Å². The Kier molecular flexibility index (Phi) is 2.45. The first-order valence-electron chi connectivity index (χ1n) is 5.41. The van der Waals surface area contributed by atoms with Gasteiger partial charge in [0.2, 0.25) is 6.79 Å². The van der Waals surface area contributed by atoms with Crippen molar-refractivity contribution in [3.05, 3.63) is 30.3 Å². The minimum absolute atomic E-state index is 0.271. The molecule has 1 aliphatic rings. The quantitative estimate of drug-likeness (QED) is 0.869. The summed E-state index contributed by atoms with van der Waals surface area (Å²) in [6.07, 6.45) is 2.34. The van der Waals surface area contributed by atoms with Crippen LogP contribution in [0.5, 0.6) is 11.5 Å². The number of nitrogens with two attached hydrogens (primary N) is 1. The van der Waals surface area contributed by atoms with E-state index < -0.39 is 0 Å². The first kappa shape index (κ1) is 10.2. The van der Waals surface area contributed by atoms with Crippen molar-refractivity contribution in [1.82, 2.24) is 4.98 Å². The molecule has 5 heteroatoms. The summed E-state index contributed by atoms with van der Waals surface area (Å²) in [6, 6.07) is 5.66. The molecule has 0 radical (unpaired) electrons. The van der Waals surface area contributed by atoms with E-state index in [1.165, 1.54) is 0 Å². The van der Waals surface area contributed by atoms with Crippen LogP contribution in [0, 0.1) is 0 Å². The molecule has 0 spiro atoms. The summed E-state index contributed by atoms with van der Waals surface area (Å²) in [5.74, 6) is 2.86. The second-order valence-corrected chi connectivity index (χ2v) is 3.72. The molecule has 0 unspecified atom stereocenters. The summed E-state index contributed by atoms with van der Waals surface area (Å²) < 4.78 is 16.1. The molecule has 2 aromatic rings. The number of hydrogen-bond acceptors (Lipinski definition) is 5. The van der Waals surface area contributed by atoms with Gasteiger partial charge >= 0.3 is 0 Å². The molecule has 0 bridgehead atoms. The molecule has 2 heterocycles. The van der Waals surface area contributed by atoms with Crippen molar-refractivity contribution in [2.45, 2.75) is 6.42 Å². The van der Waals surface area contributed by atoms with Gasteiger partial charge < -0.3 is 19.6 Å². The first-order chi connectivity index (χ1) is 8.36. The van der Waals surface area contributed by atoms with E-state index in [1.807, 2.05) is 18.2 Å². The van der Waals surface area contributed by atoms with Gasteiger partial charge in [-0.15, -0.1) is 0 Å². The van der Waals surface area contributed by atoms with E-state index in [-0.39, 0.29) is 6.79 Å². The summed E-state index contributed by atoms with van der Waals surface area (Å²) in [6.45, 7) is 0.800. The lowest BCUT2D eigenvalue weighted by Crippen LogP contribution is -2.02. The van der Waals surface area contributed by atoms with E-state index in [0.29, 0.717) is 24.6 Å². The third-order valence-electron chi connectivity index (χ3n) is 2.57. The minimum atomic E-state index is 0.271. The fraction of sp³-hybridized carbons (Fsp3) is 0.250. The fourth-order valence-electron chi connectivity index (χ4n) is 1.73. The molecule has 0 amide bonds. The minimum Gasteiger partial charge on any atom is -0.454 e. The van der Waals surface area contributed by atoms with Gasteiger partial charge in [-0.3, -0.25) is 0 Å². The van der Waals surface area contributed by atoms with Gasteiger partial charge in [0.1, 0.15) is 0 Å². The van der Waals surface area contributed by atoms with Gasteiger partial charge in [-0.1, -0.05) is 0 Å². The van der Waals surface area contributed by atoms with Crippen molar-refractivity contribution >= 4 is 0 Å². The summed E-state index contributed by atoms with van der Waals surface area (Å²) in [5.41, 5.74) is 6.37. The van der Waals surface area contributed by atoms with Crippen LogP contribution in [-0.2, 0) is 6.42 Å². The van der Waals surface area contributed by atoms with Gasteiger partial charge in [0.05, 0.1) is 6.20 Å². The maximum absolute atomic E-state index is 5.58. The Balaban J connectivity index is 1.92. The zero-order valence-electron chi connectivity index (χ0n) is 9.18. The lowest BCUT2D eigenvalue weighted by atomic mass is 10.1. The Morgan fingerprint density at radius 3 is 3.00 bits per heavy atom. The zero-order valence-corrected chi connectivity index (χ0v) is 9.18.